The second-order valence-electron chi connectivity index (χ2n) is 4.52. The molecule has 0 heterocycles. The second-order valence-corrected chi connectivity index (χ2v) is 4.52. The van der Waals surface area contributed by atoms with Crippen molar-refractivity contribution in [2.75, 3.05) is 0 Å². The summed E-state index contributed by atoms with van der Waals surface area (Å²) in [5.41, 5.74) is 0. The maximum atomic E-state index is 9.75. The third kappa shape index (κ3) is 756. The predicted molar refractivity (Wildman–Crippen MR) is 100 cm³/mol. The van der Waals surface area contributed by atoms with Gasteiger partial charge in [-0.15, -0.1) is 0 Å². The van der Waals surface area contributed by atoms with Crippen molar-refractivity contribution in [3.05, 3.63) is 24.3 Å². The molecule has 2 nitrogen and oxygen atoms in total. The van der Waals surface area contributed by atoms with E-state index in [-0.39, 0.29) is 20.1 Å². The Morgan fingerprint density at radius 3 is 0.543 bits per heavy atom. The van der Waals surface area contributed by atoms with E-state index in [9.17, 15) is 69.1 Å². The van der Waals surface area contributed by atoms with Crippen LogP contribution in [-0.2, 0) is 20.1 Å². The molecule has 0 spiro atoms. The zero-order valence-electron chi connectivity index (χ0n) is 17.7. The van der Waals surface area contributed by atoms with E-state index in [4.69, 9.17) is 10.5 Å². The SMILES string of the molecule is C1=CCC/C=C\CC1.CC#N.CC#N.F[B-](F)(F)F.F[B-](F)(F)F.F[B-](F)(F)F.F[B-](F)(F)F.[Ir]. The molecule has 0 saturated carbocycles. The van der Waals surface area contributed by atoms with Gasteiger partial charge < -0.3 is 69.1 Å². The van der Waals surface area contributed by atoms with Crippen molar-refractivity contribution in [2.24, 2.45) is 0 Å². The zero-order chi connectivity index (χ0) is 29.1. The van der Waals surface area contributed by atoms with Gasteiger partial charge in [-0.25, -0.2) is 0 Å². The maximum Gasteiger partial charge on any atom is 0.673 e. The molecule has 0 aromatic carbocycles. The summed E-state index contributed by atoms with van der Waals surface area (Å²) in [6, 6.07) is 3.50. The van der Waals surface area contributed by atoms with Gasteiger partial charge in [-0.3, -0.25) is 0 Å². The summed E-state index contributed by atoms with van der Waals surface area (Å²) in [5, 5.41) is 14.6. The number of rotatable bonds is 0. The van der Waals surface area contributed by atoms with Crippen molar-refractivity contribution in [2.45, 2.75) is 39.5 Å². The Morgan fingerprint density at radius 1 is 0.429 bits per heavy atom. The molecule has 213 valence electrons. The summed E-state index contributed by atoms with van der Waals surface area (Å²) >= 11 is 0. The molecule has 0 aromatic rings. The summed E-state index contributed by atoms with van der Waals surface area (Å²) < 4.78 is 156. The molecule has 1 aliphatic rings. The molecular weight excluding hydrogens is 712 g/mol. The first-order valence-electron chi connectivity index (χ1n) is 8.24. The van der Waals surface area contributed by atoms with Gasteiger partial charge in [0.25, 0.3) is 0 Å². The van der Waals surface area contributed by atoms with Gasteiger partial charge in [0.05, 0.1) is 12.1 Å². The van der Waals surface area contributed by atoms with Crippen molar-refractivity contribution in [1.82, 2.24) is 0 Å². The van der Waals surface area contributed by atoms with E-state index in [2.05, 4.69) is 24.3 Å². The third-order valence-corrected chi connectivity index (χ3v) is 1.33. The molecule has 0 aromatic heterocycles. The van der Waals surface area contributed by atoms with Crippen LogP contribution in [0.4, 0.5) is 69.1 Å². The Hall–Kier alpha value is -1.75. The molecule has 0 amide bonds. The van der Waals surface area contributed by atoms with E-state index in [1.54, 1.807) is 12.1 Å². The van der Waals surface area contributed by atoms with Crippen molar-refractivity contribution in [1.29, 1.82) is 10.5 Å². The average Bonchev–Trinajstić information content (AvgIpc) is 2.40. The average molecular weight is 730 g/mol. The monoisotopic (exact) mass is 731 g/mol. The summed E-state index contributed by atoms with van der Waals surface area (Å²) in [5.74, 6) is 0. The third-order valence-electron chi connectivity index (χ3n) is 1.33. The number of halogens is 16. The molecule has 1 radical (unpaired) electrons. The van der Waals surface area contributed by atoms with Gasteiger partial charge in [-0.05, 0) is 25.7 Å². The van der Waals surface area contributed by atoms with E-state index in [0.29, 0.717) is 0 Å². The van der Waals surface area contributed by atoms with Gasteiger partial charge in [0, 0.05) is 34.0 Å². The standard InChI is InChI=1S/C8H12.2C2H3N.4BF4.Ir/c1-2-4-6-8-7-5-3-1;2*1-2-3;4*2-1(3,4)5;/h1-2,7-8H,3-6H2;2*1H3;;;;;/q;;;4*-1;/b2-1-,8-7?;;;;;;;. The Bertz CT molecular complexity index is 452. The molecule has 0 aliphatic heterocycles. The van der Waals surface area contributed by atoms with Crippen LogP contribution < -0.4 is 0 Å². The van der Waals surface area contributed by atoms with Crippen molar-refractivity contribution in [3.8, 4) is 12.1 Å². The minimum Gasteiger partial charge on any atom is -0.418 e. The fraction of sp³-hybridized carbons (Fsp3) is 0.500. The Morgan fingerprint density at radius 2 is 0.486 bits per heavy atom. The van der Waals surface area contributed by atoms with Gasteiger partial charge in [-0.2, -0.15) is 10.5 Å². The first-order valence-corrected chi connectivity index (χ1v) is 8.24. The summed E-state index contributed by atoms with van der Waals surface area (Å²) in [7, 11) is -24.0. The number of nitriles is 2. The molecule has 0 atom stereocenters. The van der Waals surface area contributed by atoms with Gasteiger partial charge >= 0.3 is 29.0 Å². The van der Waals surface area contributed by atoms with Gasteiger partial charge in [0.1, 0.15) is 0 Å². The molecule has 0 saturated heterocycles. The Labute approximate surface area is 205 Å². The molecule has 0 bridgehead atoms. The topological polar surface area (TPSA) is 47.6 Å². The molecule has 1 rings (SSSR count). The number of hydrogen-bond donors (Lipinski definition) is 0. The van der Waals surface area contributed by atoms with Crippen LogP contribution in [0, 0.1) is 22.7 Å². The molecule has 1 aliphatic carbocycles. The van der Waals surface area contributed by atoms with Crippen LogP contribution in [0.25, 0.3) is 0 Å². The van der Waals surface area contributed by atoms with Crippen LogP contribution >= 0.6 is 0 Å². The van der Waals surface area contributed by atoms with E-state index in [1.807, 2.05) is 0 Å². The van der Waals surface area contributed by atoms with E-state index < -0.39 is 29.0 Å². The minimum atomic E-state index is -6.00. The minimum absolute atomic E-state index is 0. The van der Waals surface area contributed by atoms with Crippen LogP contribution in [0.3, 0.4) is 0 Å². The largest absolute Gasteiger partial charge is 0.673 e. The van der Waals surface area contributed by atoms with Crippen molar-refractivity contribution < 1.29 is 89.2 Å². The van der Waals surface area contributed by atoms with Gasteiger partial charge in [-0.1, -0.05) is 24.3 Å². The Balaban J connectivity index is -0.0000000535. The summed E-state index contributed by atoms with van der Waals surface area (Å²) in [4.78, 5) is 0. The summed E-state index contributed by atoms with van der Waals surface area (Å²) in [6.45, 7) is 2.86. The first kappa shape index (κ1) is 50.2. The molecule has 23 heteroatoms. The van der Waals surface area contributed by atoms with Gasteiger partial charge in [0.2, 0.25) is 0 Å². The van der Waals surface area contributed by atoms with E-state index in [1.165, 1.54) is 39.5 Å². The fourth-order valence-corrected chi connectivity index (χ4v) is 0.856. The predicted octanol–water partition coefficient (Wildman–Crippen LogP) is 8.93. The smallest absolute Gasteiger partial charge is 0.418 e. The van der Waals surface area contributed by atoms with E-state index >= 15 is 0 Å². The summed E-state index contributed by atoms with van der Waals surface area (Å²) in [6.07, 6.45) is 14.0. The second kappa shape index (κ2) is 30.3. The number of nitrogens with zero attached hydrogens (tertiary/aromatic N) is 2. The fourth-order valence-electron chi connectivity index (χ4n) is 0.856. The van der Waals surface area contributed by atoms with Crippen molar-refractivity contribution in [3.63, 3.8) is 0 Å². The molecule has 0 N–H and O–H groups in total. The molecule has 35 heavy (non-hydrogen) atoms. The first-order chi connectivity index (χ1) is 14.8. The molecule has 0 fully saturated rings. The molecular formula is C12H18B4F16IrN2-4. The normalized spacial score (nSPS) is 12.8. The molecule has 0 unspecified atom stereocenters. The Kier molecular flexibility index (Phi) is 43.4. The van der Waals surface area contributed by atoms with Crippen LogP contribution in [0.1, 0.15) is 39.5 Å². The quantitative estimate of drug-likeness (QED) is 0.142. The number of allylic oxidation sites excluding steroid dienone is 4. The maximum absolute atomic E-state index is 9.75. The van der Waals surface area contributed by atoms with Gasteiger partial charge in [0.15, 0.2) is 0 Å². The van der Waals surface area contributed by atoms with Crippen LogP contribution in [0.2, 0.25) is 0 Å². The van der Waals surface area contributed by atoms with E-state index in [0.717, 1.165) is 0 Å². The van der Waals surface area contributed by atoms with Crippen molar-refractivity contribution >= 4 is 29.0 Å². The van der Waals surface area contributed by atoms with Crippen LogP contribution in [-0.4, -0.2) is 29.0 Å². The number of hydrogen-bond acceptors (Lipinski definition) is 2. The van der Waals surface area contributed by atoms with Crippen LogP contribution in [0.5, 0.6) is 0 Å². The van der Waals surface area contributed by atoms with Crippen LogP contribution in [0.15, 0.2) is 24.3 Å². The zero-order valence-corrected chi connectivity index (χ0v) is 20.1.